The zero-order valence-electron chi connectivity index (χ0n) is 15.3. The third-order valence-corrected chi connectivity index (χ3v) is 5.07. The molecule has 1 fully saturated rings. The number of aromatic nitrogens is 4. The van der Waals surface area contributed by atoms with Gasteiger partial charge in [-0.1, -0.05) is 20.8 Å². The third-order valence-electron chi connectivity index (χ3n) is 5.07. The first kappa shape index (κ1) is 18.9. The van der Waals surface area contributed by atoms with Gasteiger partial charge in [-0.25, -0.2) is 0 Å². The molecule has 2 aromatic rings. The van der Waals surface area contributed by atoms with Gasteiger partial charge in [-0.2, -0.15) is 17.7 Å². The van der Waals surface area contributed by atoms with E-state index in [-0.39, 0.29) is 5.65 Å². The summed E-state index contributed by atoms with van der Waals surface area (Å²) < 4.78 is 39.7. The Morgan fingerprint density at radius 2 is 1.88 bits per heavy atom. The average Bonchev–Trinajstić information content (AvgIpc) is 3.00. The third kappa shape index (κ3) is 4.08. The maximum atomic E-state index is 13.0. The first-order chi connectivity index (χ1) is 12.3. The van der Waals surface area contributed by atoms with Crippen LogP contribution in [0.25, 0.3) is 5.65 Å². The van der Waals surface area contributed by atoms with E-state index in [2.05, 4.69) is 46.3 Å². The number of likely N-dealkylation sites (tertiary alicyclic amines) is 1. The van der Waals surface area contributed by atoms with Crippen molar-refractivity contribution < 1.29 is 13.2 Å². The predicted octanol–water partition coefficient (Wildman–Crippen LogP) is 3.31. The van der Waals surface area contributed by atoms with Crippen molar-refractivity contribution in [3.05, 3.63) is 18.0 Å². The highest BCUT2D eigenvalue weighted by Gasteiger charge is 2.37. The molecule has 0 bridgehead atoms. The van der Waals surface area contributed by atoms with Crippen LogP contribution >= 0.6 is 0 Å². The van der Waals surface area contributed by atoms with Crippen molar-refractivity contribution in [2.75, 3.05) is 25.0 Å². The minimum absolute atomic E-state index is 0.0771. The van der Waals surface area contributed by atoms with Gasteiger partial charge >= 0.3 is 6.18 Å². The Bertz CT molecular complexity index is 734. The van der Waals surface area contributed by atoms with Crippen molar-refractivity contribution in [3.8, 4) is 0 Å². The second-order valence-electron chi connectivity index (χ2n) is 7.42. The first-order valence-corrected chi connectivity index (χ1v) is 9.03. The Morgan fingerprint density at radius 1 is 1.19 bits per heavy atom. The lowest BCUT2D eigenvalue weighted by Gasteiger charge is -2.39. The summed E-state index contributed by atoms with van der Waals surface area (Å²) in [5, 5.41) is 14.0. The molecule has 0 amide bonds. The number of anilines is 1. The number of rotatable bonds is 5. The minimum Gasteiger partial charge on any atom is -0.367 e. The monoisotopic (exact) mass is 370 g/mol. The summed E-state index contributed by atoms with van der Waals surface area (Å²) in [6.07, 6.45) is -2.22. The molecule has 6 nitrogen and oxygen atoms in total. The largest absolute Gasteiger partial charge is 0.453 e. The Morgan fingerprint density at radius 3 is 2.50 bits per heavy atom. The van der Waals surface area contributed by atoms with Crippen LogP contribution in [-0.4, -0.2) is 50.4 Å². The van der Waals surface area contributed by atoms with Crippen LogP contribution in [0.2, 0.25) is 0 Å². The zero-order chi connectivity index (χ0) is 18.9. The Balaban J connectivity index is 1.73. The maximum absolute atomic E-state index is 13.0. The normalized spacial score (nSPS) is 18.6. The fraction of sp³-hybridized carbons (Fsp3) is 0.706. The highest BCUT2D eigenvalue weighted by atomic mass is 19.4. The number of nitrogens with zero attached hydrogens (tertiary/aromatic N) is 5. The van der Waals surface area contributed by atoms with Gasteiger partial charge in [0.1, 0.15) is 5.82 Å². The van der Waals surface area contributed by atoms with Crippen molar-refractivity contribution in [2.24, 2.45) is 11.8 Å². The lowest BCUT2D eigenvalue weighted by atomic mass is 9.94. The fourth-order valence-corrected chi connectivity index (χ4v) is 3.42. The van der Waals surface area contributed by atoms with E-state index in [1.165, 1.54) is 18.9 Å². The fourth-order valence-electron chi connectivity index (χ4n) is 3.42. The molecule has 3 rings (SSSR count). The lowest BCUT2D eigenvalue weighted by Crippen LogP contribution is -2.47. The molecule has 1 aliphatic rings. The topological polar surface area (TPSA) is 58.3 Å². The highest BCUT2D eigenvalue weighted by Crippen LogP contribution is 2.27. The molecule has 144 valence electrons. The van der Waals surface area contributed by atoms with Gasteiger partial charge in [-0.15, -0.1) is 15.3 Å². The molecule has 26 heavy (non-hydrogen) atoms. The highest BCUT2D eigenvalue weighted by molar-refractivity contribution is 5.44. The molecule has 2 aromatic heterocycles. The van der Waals surface area contributed by atoms with Crippen LogP contribution in [0.3, 0.4) is 0 Å². The van der Waals surface area contributed by atoms with E-state index in [9.17, 15) is 13.2 Å². The van der Waals surface area contributed by atoms with Crippen molar-refractivity contribution >= 4 is 11.5 Å². The molecule has 0 spiro atoms. The first-order valence-electron chi connectivity index (χ1n) is 9.03. The summed E-state index contributed by atoms with van der Waals surface area (Å²) in [5.41, 5.74) is 0.0771. The van der Waals surface area contributed by atoms with Gasteiger partial charge < -0.3 is 5.32 Å². The number of hydrogen-bond donors (Lipinski definition) is 1. The predicted molar refractivity (Wildman–Crippen MR) is 92.9 cm³/mol. The van der Waals surface area contributed by atoms with E-state index in [0.717, 1.165) is 23.5 Å². The van der Waals surface area contributed by atoms with Crippen molar-refractivity contribution in [1.82, 2.24) is 24.7 Å². The molecule has 0 radical (unpaired) electrons. The van der Waals surface area contributed by atoms with Crippen LogP contribution in [-0.2, 0) is 6.18 Å². The van der Waals surface area contributed by atoms with Crippen molar-refractivity contribution in [3.63, 3.8) is 0 Å². The van der Waals surface area contributed by atoms with Crippen LogP contribution in [0.15, 0.2) is 12.1 Å². The summed E-state index contributed by atoms with van der Waals surface area (Å²) in [6.45, 7) is 9.36. The van der Waals surface area contributed by atoms with Crippen LogP contribution < -0.4 is 5.32 Å². The average molecular weight is 370 g/mol. The number of piperidine rings is 1. The Labute approximate surface area is 150 Å². The van der Waals surface area contributed by atoms with Crippen molar-refractivity contribution in [2.45, 2.75) is 45.8 Å². The molecular weight excluding hydrogens is 345 g/mol. The number of alkyl halides is 3. The Kier molecular flexibility index (Phi) is 5.36. The second-order valence-corrected chi connectivity index (χ2v) is 7.42. The summed E-state index contributed by atoms with van der Waals surface area (Å²) >= 11 is 0. The quantitative estimate of drug-likeness (QED) is 0.875. The van der Waals surface area contributed by atoms with Crippen LogP contribution in [0, 0.1) is 11.8 Å². The number of halogens is 3. The van der Waals surface area contributed by atoms with E-state index in [4.69, 9.17) is 0 Å². The summed E-state index contributed by atoms with van der Waals surface area (Å²) in [6, 6.07) is 3.44. The van der Waals surface area contributed by atoms with Crippen molar-refractivity contribution in [1.29, 1.82) is 0 Å². The molecular formula is C17H25F3N6. The van der Waals surface area contributed by atoms with Crippen LogP contribution in [0.5, 0.6) is 0 Å². The molecule has 1 saturated heterocycles. The number of nitrogens with one attached hydrogen (secondary N) is 1. The molecule has 3 heterocycles. The maximum Gasteiger partial charge on any atom is 0.453 e. The summed E-state index contributed by atoms with van der Waals surface area (Å²) in [7, 11) is 0. The molecule has 9 heteroatoms. The minimum atomic E-state index is -4.59. The van der Waals surface area contributed by atoms with Gasteiger partial charge in [-0.05, 0) is 49.9 Å². The summed E-state index contributed by atoms with van der Waals surface area (Å²) in [4.78, 5) is 2.47. The van der Waals surface area contributed by atoms with E-state index < -0.39 is 12.0 Å². The smallest absolute Gasteiger partial charge is 0.367 e. The number of hydrogen-bond acceptors (Lipinski definition) is 5. The Hall–Kier alpha value is -1.90. The van der Waals surface area contributed by atoms with Gasteiger partial charge in [0.25, 0.3) is 5.82 Å². The molecule has 0 aromatic carbocycles. The SMILES string of the molecule is CC1CCN(C(CNc2ccc3nnc(C(F)(F)F)n3n2)C(C)C)CC1. The zero-order valence-corrected chi connectivity index (χ0v) is 15.3. The van der Waals surface area contributed by atoms with E-state index in [1.807, 2.05) is 0 Å². The van der Waals surface area contributed by atoms with Crippen LogP contribution in [0.1, 0.15) is 39.4 Å². The van der Waals surface area contributed by atoms with Gasteiger partial charge in [0.05, 0.1) is 0 Å². The molecule has 1 N–H and O–H groups in total. The summed E-state index contributed by atoms with van der Waals surface area (Å²) in [5.74, 6) is 0.464. The molecule has 0 saturated carbocycles. The molecule has 0 aliphatic carbocycles. The second kappa shape index (κ2) is 7.38. The van der Waals surface area contributed by atoms with Crippen LogP contribution in [0.4, 0.5) is 19.0 Å². The van der Waals surface area contributed by atoms with E-state index in [1.54, 1.807) is 6.07 Å². The number of fused-ring (bicyclic) bond motifs is 1. The standard InChI is InChI=1S/C17H25F3N6/c1-11(2)13(25-8-6-12(3)7-9-25)10-21-14-4-5-15-22-23-16(17(18,19)20)26(15)24-14/h4-5,11-13H,6-10H2,1-3H3,(H,21,24). The van der Waals surface area contributed by atoms with Gasteiger partial charge in [-0.3, -0.25) is 4.90 Å². The van der Waals surface area contributed by atoms with Gasteiger partial charge in [0, 0.05) is 12.6 Å². The van der Waals surface area contributed by atoms with Gasteiger partial charge in [0.2, 0.25) is 0 Å². The molecule has 1 aliphatic heterocycles. The lowest BCUT2D eigenvalue weighted by molar-refractivity contribution is -0.146. The van der Waals surface area contributed by atoms with E-state index >= 15 is 0 Å². The molecule has 1 atom stereocenters. The molecule has 1 unspecified atom stereocenters. The van der Waals surface area contributed by atoms with Gasteiger partial charge in [0.15, 0.2) is 5.65 Å². The van der Waals surface area contributed by atoms with E-state index in [0.29, 0.717) is 24.3 Å².